The number of ether oxygens (including phenoxy) is 1. The highest BCUT2D eigenvalue weighted by Gasteiger charge is 2.30. The van der Waals surface area contributed by atoms with Crippen LogP contribution in [0.2, 0.25) is 10.0 Å². The van der Waals surface area contributed by atoms with Gasteiger partial charge in [0.1, 0.15) is 17.9 Å². The fourth-order valence-electron chi connectivity index (χ4n) is 2.78. The highest BCUT2D eigenvalue weighted by molar-refractivity contribution is 6.43. The number of benzene rings is 2. The van der Waals surface area contributed by atoms with Crippen LogP contribution in [0.15, 0.2) is 41.6 Å². The van der Waals surface area contributed by atoms with Gasteiger partial charge in [0.2, 0.25) is 0 Å². The summed E-state index contributed by atoms with van der Waals surface area (Å²) < 4.78 is 43.7. The highest BCUT2D eigenvalue weighted by atomic mass is 35.5. The van der Waals surface area contributed by atoms with Crippen molar-refractivity contribution in [1.29, 1.82) is 0 Å². The van der Waals surface area contributed by atoms with Crippen molar-refractivity contribution in [3.05, 3.63) is 63.1 Å². The van der Waals surface area contributed by atoms with Crippen LogP contribution in [0, 0.1) is 0 Å². The standard InChI is InChI=1S/C21H20Cl2F3NO4/c1-3-16(20(28)29)31-17-11-7-13(18(22)19(17)23)6-10-15(27-30-2)12-4-8-14(9-5-12)21(24,25)26/h4-5,7-9,11,16H,3,6,10H2,1-2H3,(H,28,29)/b27-15-. The van der Waals surface area contributed by atoms with Gasteiger partial charge in [0.05, 0.1) is 16.3 Å². The molecular weight excluding hydrogens is 458 g/mol. The first-order valence-electron chi connectivity index (χ1n) is 9.22. The molecule has 0 saturated heterocycles. The monoisotopic (exact) mass is 477 g/mol. The minimum absolute atomic E-state index is 0.0821. The number of carbonyl (C=O) groups is 1. The number of rotatable bonds is 9. The molecule has 0 aliphatic heterocycles. The van der Waals surface area contributed by atoms with Crippen molar-refractivity contribution in [3.63, 3.8) is 0 Å². The van der Waals surface area contributed by atoms with Crippen LogP contribution in [-0.4, -0.2) is 30.0 Å². The second kappa shape index (κ2) is 10.7. The summed E-state index contributed by atoms with van der Waals surface area (Å²) >= 11 is 12.6. The average molecular weight is 478 g/mol. The molecule has 0 spiro atoms. The summed E-state index contributed by atoms with van der Waals surface area (Å²) in [5, 5.41) is 13.3. The molecule has 2 aromatic rings. The highest BCUT2D eigenvalue weighted by Crippen LogP contribution is 2.36. The summed E-state index contributed by atoms with van der Waals surface area (Å²) in [6, 6.07) is 7.77. The van der Waals surface area contributed by atoms with Crippen molar-refractivity contribution in [2.75, 3.05) is 7.11 Å². The number of nitrogens with zero attached hydrogens (tertiary/aromatic N) is 1. The Balaban J connectivity index is 2.18. The van der Waals surface area contributed by atoms with Crippen LogP contribution in [0.1, 0.15) is 36.5 Å². The van der Waals surface area contributed by atoms with E-state index in [2.05, 4.69) is 5.16 Å². The lowest BCUT2D eigenvalue weighted by atomic mass is 10.0. The van der Waals surface area contributed by atoms with E-state index in [1.807, 2.05) is 0 Å². The third-order valence-electron chi connectivity index (χ3n) is 4.42. The Kier molecular flexibility index (Phi) is 8.59. The van der Waals surface area contributed by atoms with Gasteiger partial charge in [0.25, 0.3) is 0 Å². The maximum absolute atomic E-state index is 12.8. The van der Waals surface area contributed by atoms with E-state index in [4.69, 9.17) is 37.9 Å². The van der Waals surface area contributed by atoms with Crippen molar-refractivity contribution in [2.24, 2.45) is 5.16 Å². The molecule has 0 radical (unpaired) electrons. The fourth-order valence-corrected chi connectivity index (χ4v) is 3.25. The van der Waals surface area contributed by atoms with E-state index in [0.717, 1.165) is 12.1 Å². The maximum atomic E-state index is 12.8. The van der Waals surface area contributed by atoms with E-state index in [1.54, 1.807) is 13.0 Å². The summed E-state index contributed by atoms with van der Waals surface area (Å²) in [4.78, 5) is 16.0. The van der Waals surface area contributed by atoms with E-state index in [0.29, 0.717) is 29.7 Å². The molecule has 0 aliphatic carbocycles. The van der Waals surface area contributed by atoms with Crippen molar-refractivity contribution in [2.45, 2.75) is 38.5 Å². The van der Waals surface area contributed by atoms with Crippen LogP contribution in [0.5, 0.6) is 5.75 Å². The van der Waals surface area contributed by atoms with Gasteiger partial charge in [-0.05, 0) is 48.6 Å². The van der Waals surface area contributed by atoms with Crippen LogP contribution < -0.4 is 4.74 Å². The fraction of sp³-hybridized carbons (Fsp3) is 0.333. The molecule has 0 fully saturated rings. The van der Waals surface area contributed by atoms with E-state index in [9.17, 15) is 18.0 Å². The average Bonchev–Trinajstić information content (AvgIpc) is 2.72. The molecule has 0 heterocycles. The Morgan fingerprint density at radius 3 is 2.29 bits per heavy atom. The molecule has 10 heteroatoms. The molecule has 168 valence electrons. The number of hydrogen-bond donors (Lipinski definition) is 1. The predicted octanol–water partition coefficient (Wildman–Crippen LogP) is 6.24. The van der Waals surface area contributed by atoms with E-state index in [-0.39, 0.29) is 22.2 Å². The molecule has 0 saturated carbocycles. The molecule has 1 atom stereocenters. The molecule has 2 aromatic carbocycles. The summed E-state index contributed by atoms with van der Waals surface area (Å²) in [6.45, 7) is 1.67. The molecule has 0 aliphatic rings. The normalized spacial score (nSPS) is 13.1. The first kappa shape index (κ1) is 24.8. The smallest absolute Gasteiger partial charge is 0.416 e. The molecule has 0 bridgehead atoms. The van der Waals surface area contributed by atoms with Crippen LogP contribution >= 0.6 is 23.2 Å². The second-order valence-corrected chi connectivity index (χ2v) is 7.26. The molecule has 1 N–H and O–H groups in total. The SMILES string of the molecule is CCC(Oc1ccc(CC/C(=N/OC)c2ccc(C(F)(F)F)cc2)c(Cl)c1Cl)C(=O)O. The third kappa shape index (κ3) is 6.51. The van der Waals surface area contributed by atoms with Gasteiger partial charge < -0.3 is 14.7 Å². The molecule has 5 nitrogen and oxygen atoms in total. The number of hydrogen-bond acceptors (Lipinski definition) is 4. The minimum Gasteiger partial charge on any atom is -0.479 e. The Bertz CT molecular complexity index is 947. The van der Waals surface area contributed by atoms with E-state index < -0.39 is 23.8 Å². The van der Waals surface area contributed by atoms with E-state index in [1.165, 1.54) is 25.3 Å². The lowest BCUT2D eigenvalue weighted by molar-refractivity contribution is -0.145. The van der Waals surface area contributed by atoms with Crippen LogP contribution in [0.3, 0.4) is 0 Å². The number of carboxylic acid groups (broad SMARTS) is 1. The van der Waals surface area contributed by atoms with Crippen LogP contribution in [-0.2, 0) is 22.2 Å². The Morgan fingerprint density at radius 2 is 1.77 bits per heavy atom. The summed E-state index contributed by atoms with van der Waals surface area (Å²) in [7, 11) is 1.34. The van der Waals surface area contributed by atoms with Gasteiger partial charge in [-0.3, -0.25) is 0 Å². The number of halogens is 5. The van der Waals surface area contributed by atoms with Crippen molar-refractivity contribution < 1.29 is 32.6 Å². The Morgan fingerprint density at radius 1 is 1.13 bits per heavy atom. The summed E-state index contributed by atoms with van der Waals surface area (Å²) in [6.07, 6.45) is -4.57. The van der Waals surface area contributed by atoms with Gasteiger partial charge in [0, 0.05) is 0 Å². The molecule has 31 heavy (non-hydrogen) atoms. The van der Waals surface area contributed by atoms with Gasteiger partial charge in [-0.15, -0.1) is 0 Å². The molecule has 2 rings (SSSR count). The molecule has 1 unspecified atom stereocenters. The molecule has 0 amide bonds. The zero-order valence-electron chi connectivity index (χ0n) is 16.7. The van der Waals surface area contributed by atoms with Crippen molar-refractivity contribution in [1.82, 2.24) is 0 Å². The number of aryl methyl sites for hydroxylation is 1. The minimum atomic E-state index is -4.43. The second-order valence-electron chi connectivity index (χ2n) is 6.50. The predicted molar refractivity (Wildman–Crippen MR) is 112 cm³/mol. The topological polar surface area (TPSA) is 68.1 Å². The van der Waals surface area contributed by atoms with Gasteiger partial charge in [-0.2, -0.15) is 13.2 Å². The third-order valence-corrected chi connectivity index (χ3v) is 5.32. The van der Waals surface area contributed by atoms with Gasteiger partial charge in [0.15, 0.2) is 6.10 Å². The van der Waals surface area contributed by atoms with Crippen molar-refractivity contribution in [3.8, 4) is 5.75 Å². The summed E-state index contributed by atoms with van der Waals surface area (Å²) in [5.74, 6) is -0.964. The van der Waals surface area contributed by atoms with Crippen LogP contribution in [0.25, 0.3) is 0 Å². The Labute approximate surface area is 187 Å². The lowest BCUT2D eigenvalue weighted by Crippen LogP contribution is -2.26. The first-order chi connectivity index (χ1) is 14.6. The van der Waals surface area contributed by atoms with Crippen molar-refractivity contribution >= 4 is 34.9 Å². The first-order valence-corrected chi connectivity index (χ1v) is 9.98. The lowest BCUT2D eigenvalue weighted by Gasteiger charge is -2.16. The van der Waals surface area contributed by atoms with Gasteiger partial charge >= 0.3 is 12.1 Å². The number of oxime groups is 1. The molecular formula is C21H20Cl2F3NO4. The number of aliphatic carboxylic acids is 1. The maximum Gasteiger partial charge on any atom is 0.416 e. The van der Waals surface area contributed by atoms with E-state index >= 15 is 0 Å². The number of carboxylic acids is 1. The number of alkyl halides is 3. The zero-order valence-corrected chi connectivity index (χ0v) is 18.2. The van der Waals surface area contributed by atoms with Crippen LogP contribution in [0.4, 0.5) is 13.2 Å². The molecule has 0 aromatic heterocycles. The van der Waals surface area contributed by atoms with Gasteiger partial charge in [-0.1, -0.05) is 53.5 Å². The largest absolute Gasteiger partial charge is 0.479 e. The van der Waals surface area contributed by atoms with Gasteiger partial charge in [-0.25, -0.2) is 4.79 Å². The quantitative estimate of drug-likeness (QED) is 0.343. The summed E-state index contributed by atoms with van der Waals surface area (Å²) in [5.41, 5.74) is 0.785. The Hall–Kier alpha value is -2.45. The zero-order chi connectivity index (χ0) is 23.2.